The number of amides is 1. The summed E-state index contributed by atoms with van der Waals surface area (Å²) in [6.45, 7) is 5.61. The zero-order chi connectivity index (χ0) is 18.2. The van der Waals surface area contributed by atoms with Gasteiger partial charge in [0.1, 0.15) is 0 Å². The van der Waals surface area contributed by atoms with Gasteiger partial charge in [0.05, 0.1) is 4.90 Å². The summed E-state index contributed by atoms with van der Waals surface area (Å²) in [5, 5.41) is 3.17. The lowest BCUT2D eigenvalue weighted by molar-refractivity contribution is -0.116. The zero-order valence-corrected chi connectivity index (χ0v) is 16.0. The number of sulfonamides is 1. The first-order valence-electron chi connectivity index (χ1n) is 8.92. The summed E-state index contributed by atoms with van der Waals surface area (Å²) in [5.74, 6) is 0.537. The molecule has 0 saturated carbocycles. The van der Waals surface area contributed by atoms with Crippen LogP contribution in [0.3, 0.4) is 0 Å². The van der Waals surface area contributed by atoms with Gasteiger partial charge >= 0.3 is 0 Å². The molecule has 1 atom stereocenters. The average molecular weight is 365 g/mol. The van der Waals surface area contributed by atoms with E-state index in [9.17, 15) is 13.2 Å². The van der Waals surface area contributed by atoms with Gasteiger partial charge in [-0.3, -0.25) is 4.79 Å². The van der Waals surface area contributed by atoms with E-state index in [0.29, 0.717) is 30.3 Å². The largest absolute Gasteiger partial charge is 0.319 e. The van der Waals surface area contributed by atoms with Gasteiger partial charge < -0.3 is 10.2 Å². The van der Waals surface area contributed by atoms with Gasteiger partial charge in [-0.1, -0.05) is 0 Å². The molecule has 2 aliphatic rings. The molecule has 1 saturated heterocycles. The molecule has 0 spiro atoms. The second-order valence-electron chi connectivity index (χ2n) is 7.14. The maximum absolute atomic E-state index is 13.0. The van der Waals surface area contributed by atoms with Crippen LogP contribution in [0.2, 0.25) is 0 Å². The first-order valence-corrected chi connectivity index (χ1v) is 10.4. The van der Waals surface area contributed by atoms with Crippen molar-refractivity contribution >= 4 is 21.6 Å². The third-order valence-corrected chi connectivity index (χ3v) is 7.20. The number of fused-ring (bicyclic) bond motifs is 1. The van der Waals surface area contributed by atoms with Gasteiger partial charge in [0, 0.05) is 31.7 Å². The molecule has 0 bridgehead atoms. The van der Waals surface area contributed by atoms with Crippen LogP contribution in [0, 0.1) is 5.92 Å². The number of hydrogen-bond acceptors (Lipinski definition) is 4. The van der Waals surface area contributed by atoms with Crippen molar-refractivity contribution in [1.82, 2.24) is 9.62 Å². The highest BCUT2D eigenvalue weighted by Crippen LogP contribution is 2.35. The molecular formula is C18H27N3O3S. The summed E-state index contributed by atoms with van der Waals surface area (Å²) in [5.41, 5.74) is 1.78. The Kier molecular flexibility index (Phi) is 5.18. The molecular weight excluding hydrogens is 338 g/mol. The Morgan fingerprint density at radius 3 is 2.56 bits per heavy atom. The third kappa shape index (κ3) is 3.45. The molecule has 1 N–H and O–H groups in total. The Balaban J connectivity index is 1.81. The molecule has 1 fully saturated rings. The van der Waals surface area contributed by atoms with E-state index in [-0.39, 0.29) is 11.9 Å². The number of benzene rings is 1. The maximum atomic E-state index is 13.0. The van der Waals surface area contributed by atoms with Gasteiger partial charge in [-0.05, 0) is 69.5 Å². The second kappa shape index (κ2) is 7.05. The monoisotopic (exact) mass is 365 g/mol. The van der Waals surface area contributed by atoms with Crippen molar-refractivity contribution in [2.75, 3.05) is 31.6 Å². The quantitative estimate of drug-likeness (QED) is 0.880. The van der Waals surface area contributed by atoms with Crippen molar-refractivity contribution in [2.24, 2.45) is 5.92 Å². The highest BCUT2D eigenvalue weighted by atomic mass is 32.2. The van der Waals surface area contributed by atoms with Crippen LogP contribution in [0.15, 0.2) is 23.1 Å². The number of nitrogens with zero attached hydrogens (tertiary/aromatic N) is 2. The summed E-state index contributed by atoms with van der Waals surface area (Å²) in [6, 6.07) is 5.25. The van der Waals surface area contributed by atoms with E-state index in [0.717, 1.165) is 30.6 Å². The van der Waals surface area contributed by atoms with Crippen molar-refractivity contribution in [2.45, 2.75) is 44.0 Å². The van der Waals surface area contributed by atoms with Crippen molar-refractivity contribution < 1.29 is 13.2 Å². The molecule has 1 aromatic carbocycles. The molecule has 0 radical (unpaired) electrons. The number of piperidine rings is 1. The lowest BCUT2D eigenvalue weighted by atomic mass is 9.98. The molecule has 1 amide bonds. The van der Waals surface area contributed by atoms with Crippen LogP contribution in [-0.4, -0.2) is 51.4 Å². The molecule has 2 aliphatic heterocycles. The van der Waals surface area contributed by atoms with Crippen LogP contribution in [0.1, 0.15) is 32.3 Å². The SMILES string of the molecule is CNCC1CCN(S(=O)(=O)c2ccc3c(c2)CC(C)N3C(C)=O)CC1. The normalized spacial score (nSPS) is 22.2. The van der Waals surface area contributed by atoms with Gasteiger partial charge in [0.2, 0.25) is 15.9 Å². The van der Waals surface area contributed by atoms with Crippen molar-refractivity contribution in [3.05, 3.63) is 23.8 Å². The average Bonchev–Trinajstić information content (AvgIpc) is 2.90. The van der Waals surface area contributed by atoms with Crippen LogP contribution in [0.25, 0.3) is 0 Å². The van der Waals surface area contributed by atoms with E-state index in [1.165, 1.54) is 0 Å². The fraction of sp³-hybridized carbons (Fsp3) is 0.611. The topological polar surface area (TPSA) is 69.7 Å². The number of carbonyl (C=O) groups is 1. The lowest BCUT2D eigenvalue weighted by Gasteiger charge is -2.31. The van der Waals surface area contributed by atoms with Crippen LogP contribution in [0.4, 0.5) is 5.69 Å². The summed E-state index contributed by atoms with van der Waals surface area (Å²) >= 11 is 0. The number of hydrogen-bond donors (Lipinski definition) is 1. The van der Waals surface area contributed by atoms with Gasteiger partial charge in [0.15, 0.2) is 0 Å². The predicted molar refractivity (Wildman–Crippen MR) is 98.2 cm³/mol. The van der Waals surface area contributed by atoms with Gasteiger partial charge in [-0.15, -0.1) is 0 Å². The number of nitrogens with one attached hydrogen (secondary N) is 1. The van der Waals surface area contributed by atoms with Crippen LogP contribution in [-0.2, 0) is 21.2 Å². The molecule has 138 valence electrons. The van der Waals surface area contributed by atoms with Crippen LogP contribution in [0.5, 0.6) is 0 Å². The van der Waals surface area contributed by atoms with Crippen LogP contribution < -0.4 is 10.2 Å². The fourth-order valence-corrected chi connectivity index (χ4v) is 5.56. The first-order chi connectivity index (χ1) is 11.8. The van der Waals surface area contributed by atoms with E-state index in [1.54, 1.807) is 34.3 Å². The summed E-state index contributed by atoms with van der Waals surface area (Å²) in [7, 11) is -1.54. The Labute approximate surface area is 150 Å². The Bertz CT molecular complexity index is 755. The summed E-state index contributed by atoms with van der Waals surface area (Å²) in [6.07, 6.45) is 2.48. The van der Waals surface area contributed by atoms with E-state index in [2.05, 4.69) is 5.32 Å². The summed E-state index contributed by atoms with van der Waals surface area (Å²) < 4.78 is 27.6. The van der Waals surface area contributed by atoms with E-state index >= 15 is 0 Å². The number of rotatable bonds is 4. The first kappa shape index (κ1) is 18.4. The molecule has 6 nitrogen and oxygen atoms in total. The van der Waals surface area contributed by atoms with E-state index in [4.69, 9.17) is 0 Å². The zero-order valence-electron chi connectivity index (χ0n) is 15.2. The molecule has 3 rings (SSSR count). The van der Waals surface area contributed by atoms with Crippen molar-refractivity contribution in [3.8, 4) is 0 Å². The highest BCUT2D eigenvalue weighted by molar-refractivity contribution is 7.89. The molecule has 0 aromatic heterocycles. The highest BCUT2D eigenvalue weighted by Gasteiger charge is 2.33. The standard InChI is InChI=1S/C18H27N3O3S/c1-13-10-16-11-17(4-5-18(16)21(13)14(2)22)25(23,24)20-8-6-15(7-9-20)12-19-3/h4-5,11,13,15,19H,6-10,12H2,1-3H3. The van der Waals surface area contributed by atoms with Gasteiger partial charge in [-0.2, -0.15) is 4.31 Å². The molecule has 25 heavy (non-hydrogen) atoms. The smallest absolute Gasteiger partial charge is 0.243 e. The molecule has 1 aromatic rings. The number of carbonyl (C=O) groups excluding carboxylic acids is 1. The van der Waals surface area contributed by atoms with E-state index in [1.807, 2.05) is 14.0 Å². The number of anilines is 1. The van der Waals surface area contributed by atoms with Crippen molar-refractivity contribution in [3.63, 3.8) is 0 Å². The van der Waals surface area contributed by atoms with Crippen molar-refractivity contribution in [1.29, 1.82) is 0 Å². The molecule has 2 heterocycles. The fourth-order valence-electron chi connectivity index (χ4n) is 4.04. The predicted octanol–water partition coefficient (Wildman–Crippen LogP) is 1.60. The molecule has 1 unspecified atom stereocenters. The minimum atomic E-state index is -3.47. The van der Waals surface area contributed by atoms with E-state index < -0.39 is 10.0 Å². The molecule has 7 heteroatoms. The lowest BCUT2D eigenvalue weighted by Crippen LogP contribution is -2.40. The van der Waals surface area contributed by atoms with Crippen LogP contribution >= 0.6 is 0 Å². The van der Waals surface area contributed by atoms with Gasteiger partial charge in [0.25, 0.3) is 0 Å². The Hall–Kier alpha value is -1.44. The molecule has 0 aliphatic carbocycles. The minimum absolute atomic E-state index is 0.00605. The second-order valence-corrected chi connectivity index (χ2v) is 9.08. The van der Waals surface area contributed by atoms with Gasteiger partial charge in [-0.25, -0.2) is 8.42 Å². The Morgan fingerprint density at radius 2 is 1.96 bits per heavy atom. The Morgan fingerprint density at radius 1 is 1.28 bits per heavy atom. The maximum Gasteiger partial charge on any atom is 0.243 e. The summed E-state index contributed by atoms with van der Waals surface area (Å²) in [4.78, 5) is 13.9. The minimum Gasteiger partial charge on any atom is -0.319 e. The third-order valence-electron chi connectivity index (χ3n) is 5.31.